The Morgan fingerprint density at radius 3 is 1.55 bits per heavy atom. The zero-order valence-electron chi connectivity index (χ0n) is 23.0. The van der Waals surface area contributed by atoms with Crippen LogP contribution in [0.3, 0.4) is 0 Å². The summed E-state index contributed by atoms with van der Waals surface area (Å²) in [6.45, 7) is 4.34. The third-order valence-corrected chi connectivity index (χ3v) is 6.79. The van der Waals surface area contributed by atoms with E-state index in [1.165, 1.54) is 14.2 Å². The average molecular weight is 549 g/mol. The molecule has 0 unspecified atom stereocenters. The van der Waals surface area contributed by atoms with Gasteiger partial charge in [-0.25, -0.2) is 0 Å². The molecule has 4 rings (SSSR count). The molecular weight excluding hydrogens is 512 g/mol. The lowest BCUT2D eigenvalue weighted by molar-refractivity contribution is 0.143. The summed E-state index contributed by atoms with van der Waals surface area (Å²) in [6, 6.07) is 15.7. The van der Waals surface area contributed by atoms with Crippen LogP contribution in [0.15, 0.2) is 64.6 Å². The third kappa shape index (κ3) is 7.02. The van der Waals surface area contributed by atoms with Crippen LogP contribution in [0.1, 0.15) is 22.9 Å². The van der Waals surface area contributed by atoms with E-state index >= 15 is 0 Å². The van der Waals surface area contributed by atoms with Crippen molar-refractivity contribution in [2.45, 2.75) is 6.17 Å². The number of ether oxygens (including phenoxy) is 3. The molecule has 0 radical (unpaired) electrons. The van der Waals surface area contributed by atoms with Gasteiger partial charge in [0.15, 0.2) is 34.5 Å². The molecule has 0 spiro atoms. The topological polar surface area (TPSA) is 120 Å². The lowest BCUT2D eigenvalue weighted by Gasteiger charge is -2.30. The van der Waals surface area contributed by atoms with Gasteiger partial charge in [0.2, 0.25) is 0 Å². The second-order valence-electron chi connectivity index (χ2n) is 9.31. The van der Waals surface area contributed by atoms with E-state index in [1.54, 1.807) is 62.0 Å². The summed E-state index contributed by atoms with van der Waals surface area (Å²) in [7, 11) is 4.58. The number of phenolic OH excluding ortho intramolecular Hbond substituents is 3. The number of aliphatic imine (C=N–C) groups is 2. The first-order chi connectivity index (χ1) is 19.4. The first-order valence-electron chi connectivity index (χ1n) is 13.0. The molecule has 10 heteroatoms. The van der Waals surface area contributed by atoms with Gasteiger partial charge in [-0.15, -0.1) is 0 Å². The van der Waals surface area contributed by atoms with Crippen molar-refractivity contribution < 1.29 is 29.5 Å². The van der Waals surface area contributed by atoms with Crippen molar-refractivity contribution in [2.75, 3.05) is 60.6 Å². The number of rotatable bonds is 12. The maximum absolute atomic E-state index is 10.1. The van der Waals surface area contributed by atoms with Gasteiger partial charge in [0.1, 0.15) is 0 Å². The van der Waals surface area contributed by atoms with Crippen LogP contribution >= 0.6 is 0 Å². The van der Waals surface area contributed by atoms with Gasteiger partial charge in [0.05, 0.1) is 40.6 Å². The number of hydrogen-bond acceptors (Lipinski definition) is 10. The fourth-order valence-electron chi connectivity index (χ4n) is 4.74. The quantitative estimate of drug-likeness (QED) is 0.293. The first kappa shape index (κ1) is 28.7. The highest BCUT2D eigenvalue weighted by molar-refractivity contribution is 5.81. The summed E-state index contributed by atoms with van der Waals surface area (Å²) >= 11 is 0. The predicted octanol–water partition coefficient (Wildman–Crippen LogP) is 3.68. The van der Waals surface area contributed by atoms with E-state index in [1.807, 2.05) is 12.1 Å². The van der Waals surface area contributed by atoms with Gasteiger partial charge < -0.3 is 29.5 Å². The van der Waals surface area contributed by atoms with E-state index in [0.29, 0.717) is 30.3 Å². The first-order valence-corrected chi connectivity index (χ1v) is 13.0. The van der Waals surface area contributed by atoms with Crippen molar-refractivity contribution in [3.63, 3.8) is 0 Å². The van der Waals surface area contributed by atoms with Gasteiger partial charge >= 0.3 is 0 Å². The minimum absolute atomic E-state index is 0.0255. The molecule has 1 aliphatic heterocycles. The minimum atomic E-state index is -0.0255. The number of aromatic hydroxyl groups is 3. The van der Waals surface area contributed by atoms with E-state index in [9.17, 15) is 15.3 Å². The number of nitrogens with zero attached hydrogens (tertiary/aromatic N) is 4. The van der Waals surface area contributed by atoms with E-state index in [2.05, 4.69) is 19.8 Å². The Labute approximate surface area is 234 Å². The molecule has 1 fully saturated rings. The number of benzene rings is 3. The molecule has 40 heavy (non-hydrogen) atoms. The number of methoxy groups -OCH3 is 3. The second-order valence-corrected chi connectivity index (χ2v) is 9.31. The Hall–Kier alpha value is -4.28. The summed E-state index contributed by atoms with van der Waals surface area (Å²) in [6.07, 6.45) is 3.53. The molecule has 3 N–H and O–H groups in total. The minimum Gasteiger partial charge on any atom is -0.504 e. The Morgan fingerprint density at radius 1 is 0.675 bits per heavy atom. The molecule has 0 saturated carbocycles. The standard InChI is InChI=1S/C30H36N4O6/c1-38-27-16-21(4-7-24(27)35)19-31-10-12-33-14-15-34(30(33)23-6-9-26(37)29(18-23)40-3)13-11-32-20-22-5-8-25(36)28(17-22)39-2/h4-9,16-20,30,35-37H,10-15H2,1-3H3. The highest BCUT2D eigenvalue weighted by Gasteiger charge is 2.33. The highest BCUT2D eigenvalue weighted by atomic mass is 16.5. The summed E-state index contributed by atoms with van der Waals surface area (Å²) < 4.78 is 15.7. The smallest absolute Gasteiger partial charge is 0.161 e. The molecule has 1 saturated heterocycles. The predicted molar refractivity (Wildman–Crippen MR) is 155 cm³/mol. The maximum atomic E-state index is 10.1. The molecular formula is C30H36N4O6. The van der Waals surface area contributed by atoms with Gasteiger partial charge in [-0.1, -0.05) is 6.07 Å². The Bertz CT molecular complexity index is 1270. The summed E-state index contributed by atoms with van der Waals surface area (Å²) in [5, 5.41) is 29.8. The summed E-state index contributed by atoms with van der Waals surface area (Å²) in [5.41, 5.74) is 2.72. The van der Waals surface area contributed by atoms with Gasteiger partial charge in [-0.2, -0.15) is 0 Å². The highest BCUT2D eigenvalue weighted by Crippen LogP contribution is 2.35. The zero-order chi connectivity index (χ0) is 28.5. The van der Waals surface area contributed by atoms with Crippen molar-refractivity contribution in [1.29, 1.82) is 0 Å². The summed E-state index contributed by atoms with van der Waals surface area (Å²) in [4.78, 5) is 13.9. The molecule has 212 valence electrons. The molecule has 3 aromatic carbocycles. The maximum Gasteiger partial charge on any atom is 0.161 e. The number of phenols is 3. The van der Waals surface area contributed by atoms with Gasteiger partial charge in [-0.05, 0) is 65.2 Å². The summed E-state index contributed by atoms with van der Waals surface area (Å²) in [5.74, 6) is 1.54. The molecule has 0 aromatic heterocycles. The van der Waals surface area contributed by atoms with Gasteiger partial charge in [0.25, 0.3) is 0 Å². The van der Waals surface area contributed by atoms with E-state index < -0.39 is 0 Å². The van der Waals surface area contributed by atoms with Gasteiger partial charge in [-0.3, -0.25) is 19.8 Å². The van der Waals surface area contributed by atoms with Crippen molar-refractivity contribution >= 4 is 12.4 Å². The van der Waals surface area contributed by atoms with Crippen LogP contribution in [0.2, 0.25) is 0 Å². The Morgan fingerprint density at radius 2 is 1.10 bits per heavy atom. The van der Waals surface area contributed by atoms with E-state index in [-0.39, 0.29) is 23.4 Å². The SMILES string of the molecule is COc1cc(C=NCCN2CCN(CCN=Cc3ccc(O)c(OC)c3)C2c2ccc(O)c(OC)c2)ccc1O. The molecule has 10 nitrogen and oxygen atoms in total. The van der Waals surface area contributed by atoms with Crippen LogP contribution in [0, 0.1) is 0 Å². The monoisotopic (exact) mass is 548 g/mol. The molecule has 0 atom stereocenters. The van der Waals surface area contributed by atoms with Crippen LogP contribution in [0.5, 0.6) is 34.5 Å². The lowest BCUT2D eigenvalue weighted by atomic mass is 10.1. The number of hydrogen-bond donors (Lipinski definition) is 3. The molecule has 1 aliphatic rings. The van der Waals surface area contributed by atoms with Crippen LogP contribution < -0.4 is 14.2 Å². The van der Waals surface area contributed by atoms with Crippen molar-refractivity contribution in [2.24, 2.45) is 9.98 Å². The molecule has 3 aromatic rings. The molecule has 0 bridgehead atoms. The Kier molecular flexibility index (Phi) is 9.82. The molecule has 1 heterocycles. The van der Waals surface area contributed by atoms with Gasteiger partial charge in [0, 0.05) is 38.6 Å². The van der Waals surface area contributed by atoms with E-state index in [4.69, 9.17) is 14.2 Å². The van der Waals surface area contributed by atoms with E-state index in [0.717, 1.165) is 42.9 Å². The second kappa shape index (κ2) is 13.7. The van der Waals surface area contributed by atoms with Crippen molar-refractivity contribution in [1.82, 2.24) is 9.80 Å². The van der Waals surface area contributed by atoms with Crippen molar-refractivity contribution in [3.05, 3.63) is 71.3 Å². The Balaban J connectivity index is 1.43. The normalized spacial score (nSPS) is 16.2. The van der Waals surface area contributed by atoms with Crippen LogP contribution in [-0.4, -0.2) is 98.1 Å². The molecule has 0 aliphatic carbocycles. The van der Waals surface area contributed by atoms with Crippen LogP contribution in [-0.2, 0) is 0 Å². The zero-order valence-corrected chi connectivity index (χ0v) is 23.0. The average Bonchev–Trinajstić information content (AvgIpc) is 3.37. The molecule has 0 amide bonds. The fraction of sp³-hybridized carbons (Fsp3) is 0.333. The largest absolute Gasteiger partial charge is 0.504 e. The van der Waals surface area contributed by atoms with Crippen molar-refractivity contribution in [3.8, 4) is 34.5 Å². The lowest BCUT2D eigenvalue weighted by Crippen LogP contribution is -2.33. The van der Waals surface area contributed by atoms with Crippen LogP contribution in [0.4, 0.5) is 0 Å². The third-order valence-electron chi connectivity index (χ3n) is 6.79. The van der Waals surface area contributed by atoms with Crippen LogP contribution in [0.25, 0.3) is 0 Å². The fourth-order valence-corrected chi connectivity index (χ4v) is 4.74.